The summed E-state index contributed by atoms with van der Waals surface area (Å²) in [5.74, 6) is 3.20. The number of methoxy groups -OCH3 is 1. The Balaban J connectivity index is 1.22. The van der Waals surface area contributed by atoms with Crippen molar-refractivity contribution in [1.82, 2.24) is 24.6 Å². The molecule has 0 amide bonds. The Bertz CT molecular complexity index is 2020. The first-order valence-corrected chi connectivity index (χ1v) is 20.9. The van der Waals surface area contributed by atoms with E-state index in [0.717, 1.165) is 47.4 Å². The van der Waals surface area contributed by atoms with Gasteiger partial charge in [-0.15, -0.1) is 0 Å². The number of hydrogen-bond donors (Lipinski definition) is 2. The number of ether oxygens (including phenoxy) is 1. The van der Waals surface area contributed by atoms with Crippen molar-refractivity contribution in [2.75, 3.05) is 62.2 Å². The fourth-order valence-electron chi connectivity index (χ4n) is 7.56. The maximum atomic E-state index is 13.6. The van der Waals surface area contributed by atoms with E-state index in [1.165, 1.54) is 38.8 Å². The first-order chi connectivity index (χ1) is 24.6. The van der Waals surface area contributed by atoms with Crippen molar-refractivity contribution in [2.24, 2.45) is 28.9 Å². The highest BCUT2D eigenvalue weighted by atomic mass is 79.9. The number of aryl methyl sites for hydroxylation is 1. The highest BCUT2D eigenvalue weighted by Crippen LogP contribution is 2.47. The monoisotopic (exact) mass is 772 g/mol. The standard InChI is InChI=1S/C37H46BrN10O2P/c1-7-40-34-28(39-2)10-11-29(35(34)51(5,6)49)43-36-27(38)19-41-37(45-36)44-30-16-26(25-18-42-46(3)21-25)31(17-33(30)50-4)48-15-13-24-12-14-47(32(24)22-48)20-23-8-9-23/h7,10-11,16-19,21,23-24,32H,2,8-9,12-15,20,22H2,1,3-6H3,(H2,41,43,44,45). The highest BCUT2D eigenvalue weighted by molar-refractivity contribution is 9.10. The maximum absolute atomic E-state index is 13.6. The van der Waals surface area contributed by atoms with Crippen LogP contribution in [0.1, 0.15) is 32.6 Å². The lowest BCUT2D eigenvalue weighted by Crippen LogP contribution is -2.48. The van der Waals surface area contributed by atoms with Crippen LogP contribution in [0.15, 0.2) is 57.3 Å². The normalized spacial score (nSPS) is 19.4. The lowest BCUT2D eigenvalue weighted by molar-refractivity contribution is 0.201. The minimum atomic E-state index is -2.82. The van der Waals surface area contributed by atoms with Crippen molar-refractivity contribution in [3.05, 3.63) is 47.3 Å². The van der Waals surface area contributed by atoms with E-state index in [0.29, 0.717) is 50.4 Å². The SMILES string of the molecule is C=Nc1ccc(Nc2nc(Nc3cc(-c4cnn(C)c4)c(N4CCC5CCN(CC6CC6)C5C4)cc3OC)ncc2Br)c(P(C)(C)=O)c1N=CC. The number of anilines is 5. The molecular formula is C37H46BrN10O2P. The Labute approximate surface area is 308 Å². The van der Waals surface area contributed by atoms with Gasteiger partial charge in [-0.3, -0.25) is 19.6 Å². The third kappa shape index (κ3) is 7.47. The van der Waals surface area contributed by atoms with Crippen molar-refractivity contribution in [3.63, 3.8) is 0 Å². The molecule has 0 spiro atoms. The molecule has 14 heteroatoms. The minimum absolute atomic E-state index is 0.361. The zero-order chi connectivity index (χ0) is 35.9. The van der Waals surface area contributed by atoms with Gasteiger partial charge in [-0.05, 0) is 105 Å². The number of likely N-dealkylation sites (tertiary alicyclic amines) is 1. The van der Waals surface area contributed by atoms with Crippen LogP contribution < -0.4 is 25.6 Å². The van der Waals surface area contributed by atoms with Crippen LogP contribution in [0.5, 0.6) is 5.75 Å². The molecule has 1 aliphatic carbocycles. The smallest absolute Gasteiger partial charge is 0.229 e. The molecule has 3 fully saturated rings. The fraction of sp³-hybridized carbons (Fsp3) is 0.432. The molecule has 4 heterocycles. The summed E-state index contributed by atoms with van der Waals surface area (Å²) in [6.45, 7) is 13.4. The van der Waals surface area contributed by atoms with E-state index in [1.54, 1.807) is 38.9 Å². The van der Waals surface area contributed by atoms with Crippen molar-refractivity contribution in [2.45, 2.75) is 38.6 Å². The molecule has 4 aromatic rings. The number of hydrogen-bond acceptors (Lipinski definition) is 11. The van der Waals surface area contributed by atoms with E-state index in [4.69, 9.17) is 9.72 Å². The van der Waals surface area contributed by atoms with Gasteiger partial charge >= 0.3 is 0 Å². The van der Waals surface area contributed by atoms with E-state index >= 15 is 0 Å². The largest absolute Gasteiger partial charge is 0.494 e. The van der Waals surface area contributed by atoms with Gasteiger partial charge in [-0.2, -0.15) is 10.1 Å². The van der Waals surface area contributed by atoms with Crippen molar-refractivity contribution in [1.29, 1.82) is 0 Å². The van der Waals surface area contributed by atoms with Crippen LogP contribution in [0.2, 0.25) is 0 Å². The van der Waals surface area contributed by atoms with Crippen molar-refractivity contribution < 1.29 is 9.30 Å². The number of rotatable bonds is 12. The Morgan fingerprint density at radius 2 is 1.92 bits per heavy atom. The van der Waals surface area contributed by atoms with Crippen molar-refractivity contribution >= 4 is 81.5 Å². The predicted molar refractivity (Wildman–Crippen MR) is 213 cm³/mol. The number of halogens is 1. The summed E-state index contributed by atoms with van der Waals surface area (Å²) in [6.07, 6.45) is 12.6. The number of piperidine rings is 1. The Morgan fingerprint density at radius 1 is 1.12 bits per heavy atom. The van der Waals surface area contributed by atoms with Gasteiger partial charge in [0.05, 0.1) is 40.1 Å². The van der Waals surface area contributed by atoms with Gasteiger partial charge < -0.3 is 24.8 Å². The fourth-order valence-corrected chi connectivity index (χ4v) is 9.24. The van der Waals surface area contributed by atoms with Crippen LogP contribution in [-0.4, -0.2) is 90.2 Å². The predicted octanol–water partition coefficient (Wildman–Crippen LogP) is 7.75. The molecule has 3 aliphatic rings. The van der Waals surface area contributed by atoms with Crippen LogP contribution in [0.4, 0.5) is 40.2 Å². The molecule has 0 bridgehead atoms. The summed E-state index contributed by atoms with van der Waals surface area (Å²) in [5.41, 5.74) is 5.66. The number of fused-ring (bicyclic) bond motifs is 1. The van der Waals surface area contributed by atoms with Crippen LogP contribution in [0, 0.1) is 11.8 Å². The van der Waals surface area contributed by atoms with Crippen LogP contribution >= 0.6 is 23.1 Å². The molecule has 2 atom stereocenters. The molecule has 268 valence electrons. The molecule has 2 aromatic carbocycles. The number of aliphatic imine (C=N–C) groups is 2. The molecule has 2 N–H and O–H groups in total. The molecule has 2 aliphatic heterocycles. The molecule has 7 rings (SSSR count). The third-order valence-corrected chi connectivity index (χ3v) is 12.3. The molecule has 2 saturated heterocycles. The lowest BCUT2D eigenvalue weighted by Gasteiger charge is -2.40. The molecule has 2 aromatic heterocycles. The first-order valence-electron chi connectivity index (χ1n) is 17.5. The summed E-state index contributed by atoms with van der Waals surface area (Å²) in [6, 6.07) is 8.47. The second-order valence-electron chi connectivity index (χ2n) is 14.1. The summed E-state index contributed by atoms with van der Waals surface area (Å²) < 4.78 is 22.1. The van der Waals surface area contributed by atoms with Gasteiger partial charge in [0, 0.05) is 74.2 Å². The van der Waals surface area contributed by atoms with E-state index in [2.05, 4.69) is 81.5 Å². The maximum Gasteiger partial charge on any atom is 0.229 e. The molecular weight excluding hydrogens is 727 g/mol. The summed E-state index contributed by atoms with van der Waals surface area (Å²) >= 11 is 3.61. The van der Waals surface area contributed by atoms with Gasteiger partial charge in [0.1, 0.15) is 24.4 Å². The van der Waals surface area contributed by atoms with Gasteiger partial charge in [0.25, 0.3) is 0 Å². The van der Waals surface area contributed by atoms with Crippen LogP contribution in [0.25, 0.3) is 11.1 Å². The zero-order valence-corrected chi connectivity index (χ0v) is 32.4. The van der Waals surface area contributed by atoms with E-state index in [-0.39, 0.29) is 0 Å². The molecule has 2 unspecified atom stereocenters. The van der Waals surface area contributed by atoms with E-state index < -0.39 is 7.14 Å². The van der Waals surface area contributed by atoms with Gasteiger partial charge in [0.2, 0.25) is 5.95 Å². The molecule has 1 saturated carbocycles. The lowest BCUT2D eigenvalue weighted by atomic mass is 9.91. The van der Waals surface area contributed by atoms with Gasteiger partial charge in [-0.1, -0.05) is 0 Å². The second kappa shape index (κ2) is 14.5. The van der Waals surface area contributed by atoms with Crippen LogP contribution in [-0.2, 0) is 11.6 Å². The summed E-state index contributed by atoms with van der Waals surface area (Å²) in [5, 5.41) is 11.9. The number of aromatic nitrogens is 4. The quantitative estimate of drug-likeness (QED) is 0.110. The molecule has 12 nitrogen and oxygen atoms in total. The number of nitrogens with one attached hydrogen (secondary N) is 2. The zero-order valence-electron chi connectivity index (χ0n) is 29.9. The average molecular weight is 774 g/mol. The first kappa shape index (κ1) is 35.3. The van der Waals surface area contributed by atoms with Crippen LogP contribution in [0.3, 0.4) is 0 Å². The minimum Gasteiger partial charge on any atom is -0.494 e. The van der Waals surface area contributed by atoms with Gasteiger partial charge in [0.15, 0.2) is 0 Å². The average Bonchev–Trinajstić information content (AvgIpc) is 3.69. The number of nitrogens with zero attached hydrogens (tertiary/aromatic N) is 8. The Morgan fingerprint density at radius 3 is 2.61 bits per heavy atom. The third-order valence-electron chi connectivity index (χ3n) is 10.2. The van der Waals surface area contributed by atoms with Crippen molar-refractivity contribution in [3.8, 4) is 16.9 Å². The van der Waals surface area contributed by atoms with E-state index in [9.17, 15) is 4.57 Å². The number of benzene rings is 2. The van der Waals surface area contributed by atoms with E-state index in [1.807, 2.05) is 30.9 Å². The van der Waals surface area contributed by atoms with Gasteiger partial charge in [-0.25, -0.2) is 4.98 Å². The topological polar surface area (TPSA) is 125 Å². The second-order valence-corrected chi connectivity index (χ2v) is 18.1. The molecule has 51 heavy (non-hydrogen) atoms. The summed E-state index contributed by atoms with van der Waals surface area (Å²) in [7, 11) is 0.809. The summed E-state index contributed by atoms with van der Waals surface area (Å²) in [4.78, 5) is 23.4. The molecule has 0 radical (unpaired) electrons. The highest BCUT2D eigenvalue weighted by Gasteiger charge is 2.41. The Hall–Kier alpha value is -4.06. The Kier molecular flexibility index (Phi) is 10.1.